The molecule has 1 aliphatic rings. The fourth-order valence-corrected chi connectivity index (χ4v) is 2.09. The van der Waals surface area contributed by atoms with E-state index in [4.69, 9.17) is 10.00 Å². The maximum absolute atomic E-state index is 10.7. The van der Waals surface area contributed by atoms with Gasteiger partial charge in [0.1, 0.15) is 6.17 Å². The highest BCUT2D eigenvalue weighted by Gasteiger charge is 2.28. The highest BCUT2D eigenvalue weighted by molar-refractivity contribution is 7.35. The lowest BCUT2D eigenvalue weighted by Gasteiger charge is -2.22. The molecule has 0 aromatic carbocycles. The summed E-state index contributed by atoms with van der Waals surface area (Å²) in [6, 6.07) is 0. The number of carboxylic acid groups (broad SMARTS) is 1. The summed E-state index contributed by atoms with van der Waals surface area (Å²) in [7, 11) is -2.48. The number of nitrogens with one attached hydrogen (secondary N) is 2. The van der Waals surface area contributed by atoms with Crippen molar-refractivity contribution in [3.8, 4) is 0 Å². The first-order valence-corrected chi connectivity index (χ1v) is 5.77. The number of fused-ring (bicyclic) bond motifs is 1. The van der Waals surface area contributed by atoms with Gasteiger partial charge in [-0.15, -0.1) is 4.89 Å². The van der Waals surface area contributed by atoms with Gasteiger partial charge in [0.15, 0.2) is 5.69 Å². The van der Waals surface area contributed by atoms with Crippen LogP contribution in [0.25, 0.3) is 0 Å². The maximum Gasteiger partial charge on any atom is 0.612 e. The Kier molecular flexibility index (Phi) is 2.86. The van der Waals surface area contributed by atoms with E-state index in [0.29, 0.717) is 18.9 Å². The molecule has 4 N–H and O–H groups in total. The summed E-state index contributed by atoms with van der Waals surface area (Å²) in [5.74, 6) is -0.742. The molecule has 9 heteroatoms. The van der Waals surface area contributed by atoms with Crippen LogP contribution in [0.2, 0.25) is 0 Å². The number of carboxylic acids is 1. The van der Waals surface area contributed by atoms with Gasteiger partial charge in [0.2, 0.25) is 5.95 Å². The molecule has 0 radical (unpaired) electrons. The fourth-order valence-electron chi connectivity index (χ4n) is 1.58. The second kappa shape index (κ2) is 4.17. The molecule has 2 heterocycles. The lowest BCUT2D eigenvalue weighted by atomic mass is 10.3. The third kappa shape index (κ3) is 2.04. The lowest BCUT2D eigenvalue weighted by Crippen LogP contribution is -2.29. The Morgan fingerprint density at radius 2 is 2.50 bits per heavy atom. The predicted octanol–water partition coefficient (Wildman–Crippen LogP) is 0.135. The first-order chi connectivity index (χ1) is 7.58. The summed E-state index contributed by atoms with van der Waals surface area (Å²) in [5.41, 5.74) is -0.0932. The van der Waals surface area contributed by atoms with Gasteiger partial charge >= 0.3 is 14.1 Å². The van der Waals surface area contributed by atoms with Crippen molar-refractivity contribution in [1.82, 2.24) is 14.6 Å². The third-order valence-electron chi connectivity index (χ3n) is 2.25. The van der Waals surface area contributed by atoms with Gasteiger partial charge in [-0.05, 0) is 4.57 Å². The number of aromatic carboxylic acids is 1. The van der Waals surface area contributed by atoms with E-state index in [2.05, 4.69) is 15.4 Å². The molecule has 2 atom stereocenters. The van der Waals surface area contributed by atoms with Crippen LogP contribution in [0.4, 0.5) is 5.95 Å². The van der Waals surface area contributed by atoms with E-state index >= 15 is 0 Å². The summed E-state index contributed by atoms with van der Waals surface area (Å²) >= 11 is 0. The summed E-state index contributed by atoms with van der Waals surface area (Å²) < 4.78 is 12.2. The monoisotopic (exact) mass is 245 g/mol. The quantitative estimate of drug-likeness (QED) is 0.559. The van der Waals surface area contributed by atoms with Crippen LogP contribution < -0.4 is 10.4 Å². The third-order valence-corrected chi connectivity index (χ3v) is 2.77. The van der Waals surface area contributed by atoms with Gasteiger partial charge in [0, 0.05) is 19.2 Å². The molecular formula is C7H10N4O4P+. The molecular weight excluding hydrogens is 235 g/mol. The molecule has 2 rings (SSSR count). The highest BCUT2D eigenvalue weighted by atomic mass is 31.1. The minimum absolute atomic E-state index is 0.0932. The zero-order chi connectivity index (χ0) is 11.7. The van der Waals surface area contributed by atoms with Crippen molar-refractivity contribution >= 4 is 20.1 Å². The van der Waals surface area contributed by atoms with Gasteiger partial charge in [-0.1, -0.05) is 5.09 Å². The smallest absolute Gasteiger partial charge is 0.476 e. The lowest BCUT2D eigenvalue weighted by molar-refractivity contribution is 0.0691. The predicted molar refractivity (Wildman–Crippen MR) is 54.3 cm³/mol. The van der Waals surface area contributed by atoms with Gasteiger partial charge in [-0.25, -0.2) is 9.78 Å². The average Bonchev–Trinajstić information content (AvgIpc) is 2.61. The van der Waals surface area contributed by atoms with Crippen LogP contribution in [0.5, 0.6) is 0 Å². The van der Waals surface area contributed by atoms with Crippen LogP contribution in [0, 0.1) is 0 Å². The van der Waals surface area contributed by atoms with Crippen molar-refractivity contribution in [2.75, 3.05) is 11.9 Å². The summed E-state index contributed by atoms with van der Waals surface area (Å²) in [6.07, 6.45) is 1.50. The molecule has 0 bridgehead atoms. The zero-order valence-electron chi connectivity index (χ0n) is 8.12. The molecule has 86 valence electrons. The molecule has 1 aromatic rings. The van der Waals surface area contributed by atoms with Crippen LogP contribution in [0.1, 0.15) is 23.1 Å². The zero-order valence-corrected chi connectivity index (χ0v) is 9.02. The Bertz CT molecular complexity index is 446. The van der Waals surface area contributed by atoms with Crippen LogP contribution in [-0.4, -0.2) is 32.1 Å². The normalized spacial score (nSPS) is 19.8. The molecule has 0 aliphatic carbocycles. The number of nitrogens with zero attached hydrogens (tertiary/aromatic N) is 2. The fraction of sp³-hybridized carbons (Fsp3) is 0.429. The van der Waals surface area contributed by atoms with Gasteiger partial charge in [0.05, 0.1) is 0 Å². The molecule has 1 aliphatic heterocycles. The Labute approximate surface area is 91.2 Å². The van der Waals surface area contributed by atoms with Crippen molar-refractivity contribution in [3.63, 3.8) is 0 Å². The minimum Gasteiger partial charge on any atom is -0.476 e. The van der Waals surface area contributed by atoms with Crippen molar-refractivity contribution < 1.29 is 19.4 Å². The molecule has 0 saturated carbocycles. The van der Waals surface area contributed by atoms with Crippen molar-refractivity contribution in [3.05, 3.63) is 11.9 Å². The van der Waals surface area contributed by atoms with Crippen LogP contribution in [0.15, 0.2) is 6.20 Å². The molecule has 0 fully saturated rings. The number of anilines is 1. The SMILES string of the molecule is O=C(O)c1cn2c(n1)NCCC2N[P+](=O)O. The van der Waals surface area contributed by atoms with E-state index in [-0.39, 0.29) is 5.69 Å². The first kappa shape index (κ1) is 11.0. The van der Waals surface area contributed by atoms with E-state index in [0.717, 1.165) is 0 Å². The largest absolute Gasteiger partial charge is 0.612 e. The number of hydrogen-bond donors (Lipinski definition) is 4. The molecule has 8 nitrogen and oxygen atoms in total. The molecule has 1 aromatic heterocycles. The van der Waals surface area contributed by atoms with E-state index in [1.165, 1.54) is 10.8 Å². The Balaban J connectivity index is 2.30. The number of hydrogen-bond acceptors (Lipinski definition) is 4. The maximum atomic E-state index is 10.7. The average molecular weight is 245 g/mol. The minimum atomic E-state index is -2.48. The van der Waals surface area contributed by atoms with E-state index in [1.54, 1.807) is 0 Å². The van der Waals surface area contributed by atoms with E-state index in [9.17, 15) is 9.36 Å². The van der Waals surface area contributed by atoms with Crippen LogP contribution in [0.3, 0.4) is 0 Å². The van der Waals surface area contributed by atoms with Crippen molar-refractivity contribution in [2.24, 2.45) is 0 Å². The molecule has 2 unspecified atom stereocenters. The van der Waals surface area contributed by atoms with Gasteiger partial charge in [-0.3, -0.25) is 4.57 Å². The van der Waals surface area contributed by atoms with E-state index in [1.807, 2.05) is 0 Å². The Hall–Kier alpha value is -1.50. The summed E-state index contributed by atoms with van der Waals surface area (Å²) in [6.45, 7) is 0.566. The molecule has 0 spiro atoms. The number of carbonyl (C=O) groups is 1. The molecule has 16 heavy (non-hydrogen) atoms. The van der Waals surface area contributed by atoms with Crippen molar-refractivity contribution in [1.29, 1.82) is 0 Å². The van der Waals surface area contributed by atoms with Crippen molar-refractivity contribution in [2.45, 2.75) is 12.6 Å². The van der Waals surface area contributed by atoms with Crippen LogP contribution >= 0.6 is 8.18 Å². The second-order valence-electron chi connectivity index (χ2n) is 3.30. The Morgan fingerprint density at radius 1 is 1.75 bits per heavy atom. The standard InChI is InChI=1S/C7H9N4O4P/c12-6(13)4-3-11-5(10-16(14)15)1-2-8-7(11)9-4/h3,5H,1-2H2,(H3-,8,9,10,12,13,14,15)/p+1. The first-order valence-electron chi connectivity index (χ1n) is 4.56. The van der Waals surface area contributed by atoms with Gasteiger partial charge in [0.25, 0.3) is 0 Å². The number of aromatic nitrogens is 2. The molecule has 0 amide bonds. The molecule has 0 saturated heterocycles. The highest BCUT2D eigenvalue weighted by Crippen LogP contribution is 2.25. The van der Waals surface area contributed by atoms with Gasteiger partial charge < -0.3 is 10.4 Å². The topological polar surface area (TPSA) is 116 Å². The van der Waals surface area contributed by atoms with E-state index < -0.39 is 20.3 Å². The van der Waals surface area contributed by atoms with Gasteiger partial charge in [-0.2, -0.15) is 0 Å². The summed E-state index contributed by atoms with van der Waals surface area (Å²) in [5, 5.41) is 14.1. The second-order valence-corrected chi connectivity index (χ2v) is 4.10. The number of imidazole rings is 1. The summed E-state index contributed by atoms with van der Waals surface area (Å²) in [4.78, 5) is 23.3. The number of rotatable bonds is 3. The van der Waals surface area contributed by atoms with Crippen LogP contribution in [-0.2, 0) is 4.57 Å². The Morgan fingerprint density at radius 3 is 3.12 bits per heavy atom.